The fraction of sp³-hybridized carbons (Fsp3) is 0.364. The molecule has 0 aliphatic carbocycles. The van der Waals surface area contributed by atoms with Crippen molar-refractivity contribution >= 4 is 0 Å². The molecule has 128 valence electrons. The van der Waals surface area contributed by atoms with Gasteiger partial charge < -0.3 is 10.5 Å². The van der Waals surface area contributed by atoms with Gasteiger partial charge in [-0.05, 0) is 38.3 Å². The van der Waals surface area contributed by atoms with E-state index in [-0.39, 0.29) is 0 Å². The maximum atomic E-state index is 6.67. The number of benzene rings is 2. The predicted octanol–water partition coefficient (Wildman–Crippen LogP) is 5.04. The Morgan fingerprint density at radius 1 is 1.00 bits per heavy atom. The molecule has 0 spiro atoms. The average molecular weight is 323 g/mol. The third kappa shape index (κ3) is 4.34. The Kier molecular flexibility index (Phi) is 5.98. The van der Waals surface area contributed by atoms with E-state index in [9.17, 15) is 0 Å². The van der Waals surface area contributed by atoms with Crippen molar-refractivity contribution in [1.29, 1.82) is 0 Å². The van der Waals surface area contributed by atoms with Gasteiger partial charge in [-0.25, -0.2) is 0 Å². The standard InChI is InChI=1S/C22H29NO/c1-5-24-22(19-12-8-6-9-13-19,20-14-10-7-11-15-20)17-21(4,23)16-18(2)3/h6-15H,2,5,16-17,23H2,1,3-4H3. The van der Waals surface area contributed by atoms with E-state index in [0.29, 0.717) is 13.0 Å². The van der Waals surface area contributed by atoms with Crippen LogP contribution in [0, 0.1) is 0 Å². The highest BCUT2D eigenvalue weighted by atomic mass is 16.5. The van der Waals surface area contributed by atoms with E-state index in [1.807, 2.05) is 26.0 Å². The molecule has 2 N–H and O–H groups in total. The third-order valence-electron chi connectivity index (χ3n) is 4.23. The number of hydrogen-bond acceptors (Lipinski definition) is 2. The molecule has 2 nitrogen and oxygen atoms in total. The van der Waals surface area contributed by atoms with Crippen molar-refractivity contribution in [2.24, 2.45) is 5.73 Å². The van der Waals surface area contributed by atoms with Crippen molar-refractivity contribution in [3.05, 3.63) is 83.9 Å². The highest BCUT2D eigenvalue weighted by molar-refractivity contribution is 5.37. The molecule has 2 aromatic rings. The summed E-state index contributed by atoms with van der Waals surface area (Å²) in [5.41, 5.74) is 9.06. The summed E-state index contributed by atoms with van der Waals surface area (Å²) in [4.78, 5) is 0. The van der Waals surface area contributed by atoms with Crippen LogP contribution in [0.5, 0.6) is 0 Å². The second kappa shape index (κ2) is 7.78. The largest absolute Gasteiger partial charge is 0.366 e. The van der Waals surface area contributed by atoms with E-state index >= 15 is 0 Å². The first-order valence-electron chi connectivity index (χ1n) is 8.58. The molecule has 0 saturated heterocycles. The van der Waals surface area contributed by atoms with Gasteiger partial charge in [-0.1, -0.05) is 66.2 Å². The minimum absolute atomic E-state index is 0.410. The normalized spacial score (nSPS) is 14.2. The van der Waals surface area contributed by atoms with Gasteiger partial charge in [0.15, 0.2) is 0 Å². The summed E-state index contributed by atoms with van der Waals surface area (Å²) in [5, 5.41) is 0. The van der Waals surface area contributed by atoms with Gasteiger partial charge in [0.2, 0.25) is 0 Å². The molecule has 2 rings (SSSR count). The first-order chi connectivity index (χ1) is 11.4. The lowest BCUT2D eigenvalue weighted by Crippen LogP contribution is -2.46. The van der Waals surface area contributed by atoms with E-state index < -0.39 is 11.1 Å². The summed E-state index contributed by atoms with van der Waals surface area (Å²) in [6.45, 7) is 10.8. The van der Waals surface area contributed by atoms with Crippen molar-refractivity contribution in [2.75, 3.05) is 6.61 Å². The van der Waals surface area contributed by atoms with Crippen molar-refractivity contribution in [1.82, 2.24) is 0 Å². The monoisotopic (exact) mass is 323 g/mol. The molecule has 0 radical (unpaired) electrons. The fourth-order valence-corrected chi connectivity index (χ4v) is 3.57. The summed E-state index contributed by atoms with van der Waals surface area (Å²) in [6, 6.07) is 20.8. The van der Waals surface area contributed by atoms with E-state index in [1.165, 1.54) is 0 Å². The quantitative estimate of drug-likeness (QED) is 0.691. The third-order valence-corrected chi connectivity index (χ3v) is 4.23. The minimum atomic E-state index is -0.559. The van der Waals surface area contributed by atoms with Crippen LogP contribution in [0.15, 0.2) is 72.8 Å². The molecule has 0 bridgehead atoms. The maximum absolute atomic E-state index is 6.67. The molecule has 2 heteroatoms. The van der Waals surface area contributed by atoms with Crippen LogP contribution in [0.3, 0.4) is 0 Å². The summed E-state index contributed by atoms with van der Waals surface area (Å²) in [6.07, 6.45) is 1.45. The van der Waals surface area contributed by atoms with Gasteiger partial charge in [0.05, 0.1) is 0 Å². The van der Waals surface area contributed by atoms with Gasteiger partial charge in [-0.3, -0.25) is 0 Å². The molecule has 24 heavy (non-hydrogen) atoms. The second-order valence-corrected chi connectivity index (χ2v) is 6.96. The first kappa shape index (κ1) is 18.4. The van der Waals surface area contributed by atoms with E-state index in [1.54, 1.807) is 0 Å². The summed E-state index contributed by atoms with van der Waals surface area (Å²) < 4.78 is 6.41. The van der Waals surface area contributed by atoms with Crippen LogP contribution >= 0.6 is 0 Å². The van der Waals surface area contributed by atoms with Crippen LogP contribution in [-0.2, 0) is 10.3 Å². The molecular formula is C22H29NO. The van der Waals surface area contributed by atoms with Gasteiger partial charge in [0, 0.05) is 18.6 Å². The average Bonchev–Trinajstić information content (AvgIpc) is 2.54. The van der Waals surface area contributed by atoms with Gasteiger partial charge in [0.25, 0.3) is 0 Å². The Balaban J connectivity index is 2.57. The van der Waals surface area contributed by atoms with Crippen LogP contribution in [0.4, 0.5) is 0 Å². The lowest BCUT2D eigenvalue weighted by molar-refractivity contribution is -0.0314. The SMILES string of the molecule is C=C(C)CC(C)(N)CC(OCC)(c1ccccc1)c1ccccc1. The zero-order valence-corrected chi connectivity index (χ0v) is 15.1. The Bertz CT molecular complexity index is 607. The maximum Gasteiger partial charge on any atom is 0.120 e. The highest BCUT2D eigenvalue weighted by Crippen LogP contribution is 2.41. The Morgan fingerprint density at radius 3 is 1.83 bits per heavy atom. The van der Waals surface area contributed by atoms with E-state index in [0.717, 1.165) is 23.1 Å². The smallest absolute Gasteiger partial charge is 0.120 e. The molecule has 0 aromatic heterocycles. The molecule has 1 unspecified atom stereocenters. The molecule has 1 atom stereocenters. The molecule has 0 saturated carbocycles. The molecular weight excluding hydrogens is 294 g/mol. The van der Waals surface area contributed by atoms with Crippen LogP contribution < -0.4 is 5.73 Å². The van der Waals surface area contributed by atoms with Crippen molar-refractivity contribution in [3.8, 4) is 0 Å². The van der Waals surface area contributed by atoms with Crippen molar-refractivity contribution < 1.29 is 4.74 Å². The van der Waals surface area contributed by atoms with Crippen LogP contribution in [0.1, 0.15) is 44.7 Å². The van der Waals surface area contributed by atoms with Crippen LogP contribution in [0.2, 0.25) is 0 Å². The zero-order valence-electron chi connectivity index (χ0n) is 15.1. The molecule has 2 aromatic carbocycles. The van der Waals surface area contributed by atoms with Crippen LogP contribution in [-0.4, -0.2) is 12.1 Å². The topological polar surface area (TPSA) is 35.2 Å². The minimum Gasteiger partial charge on any atom is -0.366 e. The summed E-state index contributed by atoms with van der Waals surface area (Å²) in [7, 11) is 0. The van der Waals surface area contributed by atoms with Crippen LogP contribution in [0.25, 0.3) is 0 Å². The lowest BCUT2D eigenvalue weighted by Gasteiger charge is -2.41. The number of rotatable bonds is 8. The van der Waals surface area contributed by atoms with Crippen molar-refractivity contribution in [3.63, 3.8) is 0 Å². The number of hydrogen-bond donors (Lipinski definition) is 1. The van der Waals surface area contributed by atoms with Gasteiger partial charge in [0.1, 0.15) is 5.60 Å². The van der Waals surface area contributed by atoms with Crippen molar-refractivity contribution in [2.45, 2.75) is 44.8 Å². The molecule has 0 aliphatic rings. The van der Waals surface area contributed by atoms with E-state index in [2.05, 4.69) is 62.0 Å². The molecule has 0 fully saturated rings. The Morgan fingerprint density at radius 2 is 1.46 bits per heavy atom. The van der Waals surface area contributed by atoms with Gasteiger partial charge in [-0.2, -0.15) is 0 Å². The number of nitrogens with two attached hydrogens (primary N) is 1. The lowest BCUT2D eigenvalue weighted by atomic mass is 9.75. The Hall–Kier alpha value is -1.90. The molecule has 0 aliphatic heterocycles. The summed E-state index contributed by atoms with van der Waals surface area (Å²) >= 11 is 0. The summed E-state index contributed by atoms with van der Waals surface area (Å²) in [5.74, 6) is 0. The van der Waals surface area contributed by atoms with Gasteiger partial charge in [-0.15, -0.1) is 6.58 Å². The predicted molar refractivity (Wildman–Crippen MR) is 102 cm³/mol. The second-order valence-electron chi connectivity index (χ2n) is 6.96. The Labute approximate surface area is 146 Å². The first-order valence-corrected chi connectivity index (χ1v) is 8.58. The van der Waals surface area contributed by atoms with Gasteiger partial charge >= 0.3 is 0 Å². The molecule has 0 heterocycles. The zero-order chi connectivity index (χ0) is 17.6. The highest BCUT2D eigenvalue weighted by Gasteiger charge is 2.40. The fourth-order valence-electron chi connectivity index (χ4n) is 3.57. The number of ether oxygens (including phenoxy) is 1. The van der Waals surface area contributed by atoms with E-state index in [4.69, 9.17) is 10.5 Å². The molecule has 0 amide bonds.